The van der Waals surface area contributed by atoms with Crippen LogP contribution in [0.2, 0.25) is 0 Å². The number of benzene rings is 2. The molecular weight excluding hydrogens is 246 g/mol. The molecule has 3 rings (SSSR count). The third-order valence-corrected chi connectivity index (χ3v) is 3.88. The second-order valence-corrected chi connectivity index (χ2v) is 5.90. The van der Waals surface area contributed by atoms with Gasteiger partial charge in [-0.25, -0.2) is 0 Å². The van der Waals surface area contributed by atoms with Gasteiger partial charge >= 0.3 is 0 Å². The summed E-state index contributed by atoms with van der Waals surface area (Å²) in [4.78, 5) is 0. The van der Waals surface area contributed by atoms with Gasteiger partial charge in [-0.1, -0.05) is 41.5 Å². The van der Waals surface area contributed by atoms with Crippen LogP contribution in [-0.4, -0.2) is 6.10 Å². The summed E-state index contributed by atoms with van der Waals surface area (Å²) in [5, 5.41) is 0. The first-order valence-corrected chi connectivity index (χ1v) is 7.16. The summed E-state index contributed by atoms with van der Waals surface area (Å²) < 4.78 is 5.74. The van der Waals surface area contributed by atoms with Crippen LogP contribution < -0.4 is 10.5 Å². The lowest BCUT2D eigenvalue weighted by Gasteiger charge is -2.15. The van der Waals surface area contributed by atoms with Gasteiger partial charge in [0, 0.05) is 6.42 Å². The van der Waals surface area contributed by atoms with Crippen molar-refractivity contribution >= 4 is 0 Å². The number of nitrogens with two attached hydrogens (primary N) is 1. The summed E-state index contributed by atoms with van der Waals surface area (Å²) in [6.45, 7) is 6.33. The fraction of sp³-hybridized carbons (Fsp3) is 0.333. The lowest BCUT2D eigenvalue weighted by Crippen LogP contribution is -2.12. The Bertz CT molecular complexity index is 628. The number of hydrogen-bond acceptors (Lipinski definition) is 2. The van der Waals surface area contributed by atoms with Crippen LogP contribution in [0.4, 0.5) is 0 Å². The Balaban J connectivity index is 1.95. The zero-order chi connectivity index (χ0) is 14.3. The summed E-state index contributed by atoms with van der Waals surface area (Å²) in [7, 11) is 0. The van der Waals surface area contributed by atoms with Gasteiger partial charge in [-0.05, 0) is 43.5 Å². The SMILES string of the molecule is Cc1cc(C)cc(C(N)c2ccc3c(c2)CC(C)O3)c1. The zero-order valence-electron chi connectivity index (χ0n) is 12.3. The predicted molar refractivity (Wildman–Crippen MR) is 82.2 cm³/mol. The normalized spacial score (nSPS) is 18.5. The van der Waals surface area contributed by atoms with Crippen LogP contribution in [0.15, 0.2) is 36.4 Å². The smallest absolute Gasteiger partial charge is 0.123 e. The Hall–Kier alpha value is -1.80. The van der Waals surface area contributed by atoms with Gasteiger partial charge in [-0.3, -0.25) is 0 Å². The van der Waals surface area contributed by atoms with Crippen molar-refractivity contribution in [3.05, 3.63) is 64.2 Å². The van der Waals surface area contributed by atoms with Crippen LogP contribution in [0.5, 0.6) is 5.75 Å². The molecule has 2 atom stereocenters. The number of aryl methyl sites for hydroxylation is 2. The lowest BCUT2D eigenvalue weighted by molar-refractivity contribution is 0.254. The number of hydrogen-bond donors (Lipinski definition) is 1. The highest BCUT2D eigenvalue weighted by atomic mass is 16.5. The molecule has 20 heavy (non-hydrogen) atoms. The number of ether oxygens (including phenoxy) is 1. The number of rotatable bonds is 2. The summed E-state index contributed by atoms with van der Waals surface area (Å²) in [5.41, 5.74) is 12.6. The van der Waals surface area contributed by atoms with E-state index in [1.165, 1.54) is 22.3 Å². The molecule has 0 saturated heterocycles. The highest BCUT2D eigenvalue weighted by Gasteiger charge is 2.20. The summed E-state index contributed by atoms with van der Waals surface area (Å²) in [6, 6.07) is 12.8. The molecule has 0 aliphatic carbocycles. The first kappa shape index (κ1) is 13.2. The van der Waals surface area contributed by atoms with Crippen LogP contribution in [0.3, 0.4) is 0 Å². The van der Waals surface area contributed by atoms with Crippen molar-refractivity contribution in [2.24, 2.45) is 5.73 Å². The van der Waals surface area contributed by atoms with E-state index in [2.05, 4.69) is 57.2 Å². The Labute approximate surface area is 120 Å². The highest BCUT2D eigenvalue weighted by Crippen LogP contribution is 2.32. The molecule has 104 valence electrons. The molecule has 0 radical (unpaired) electrons. The molecule has 0 spiro atoms. The van der Waals surface area contributed by atoms with E-state index in [1.54, 1.807) is 0 Å². The van der Waals surface area contributed by atoms with E-state index in [1.807, 2.05) is 0 Å². The summed E-state index contributed by atoms with van der Waals surface area (Å²) in [5.74, 6) is 1.01. The first-order chi connectivity index (χ1) is 9.52. The third kappa shape index (κ3) is 2.44. The second kappa shape index (κ2) is 4.95. The van der Waals surface area contributed by atoms with Crippen LogP contribution in [0.25, 0.3) is 0 Å². The predicted octanol–water partition coefficient (Wildman–Crippen LogP) is 3.67. The van der Waals surface area contributed by atoms with E-state index in [0.29, 0.717) is 0 Å². The molecule has 2 aromatic rings. The van der Waals surface area contributed by atoms with Gasteiger partial charge in [0.05, 0.1) is 6.04 Å². The van der Waals surface area contributed by atoms with Gasteiger partial charge in [0.2, 0.25) is 0 Å². The monoisotopic (exact) mass is 267 g/mol. The average Bonchev–Trinajstić information content (AvgIpc) is 2.75. The van der Waals surface area contributed by atoms with Crippen molar-refractivity contribution in [3.8, 4) is 5.75 Å². The molecule has 2 heteroatoms. The molecule has 0 fully saturated rings. The topological polar surface area (TPSA) is 35.2 Å². The van der Waals surface area contributed by atoms with Gasteiger partial charge in [-0.2, -0.15) is 0 Å². The minimum absolute atomic E-state index is 0.0743. The molecular formula is C18H21NO. The lowest BCUT2D eigenvalue weighted by atomic mass is 9.94. The minimum Gasteiger partial charge on any atom is -0.490 e. The molecule has 2 aromatic carbocycles. The maximum atomic E-state index is 6.44. The summed E-state index contributed by atoms with van der Waals surface area (Å²) in [6.07, 6.45) is 1.25. The van der Waals surface area contributed by atoms with E-state index in [9.17, 15) is 0 Å². The van der Waals surface area contributed by atoms with Crippen molar-refractivity contribution in [2.75, 3.05) is 0 Å². The van der Waals surface area contributed by atoms with E-state index in [-0.39, 0.29) is 12.1 Å². The molecule has 2 unspecified atom stereocenters. The Kier molecular flexibility index (Phi) is 3.27. The fourth-order valence-corrected chi connectivity index (χ4v) is 3.02. The molecule has 1 aliphatic rings. The molecule has 2 nitrogen and oxygen atoms in total. The van der Waals surface area contributed by atoms with Gasteiger partial charge in [0.15, 0.2) is 0 Å². The maximum Gasteiger partial charge on any atom is 0.123 e. The van der Waals surface area contributed by atoms with Gasteiger partial charge < -0.3 is 10.5 Å². The maximum absolute atomic E-state index is 6.44. The molecule has 0 bridgehead atoms. The van der Waals surface area contributed by atoms with Crippen molar-refractivity contribution in [2.45, 2.75) is 39.3 Å². The highest BCUT2D eigenvalue weighted by molar-refractivity contribution is 5.44. The van der Waals surface area contributed by atoms with E-state index >= 15 is 0 Å². The fourth-order valence-electron chi connectivity index (χ4n) is 3.02. The number of fused-ring (bicyclic) bond motifs is 1. The van der Waals surface area contributed by atoms with Gasteiger partial charge in [0.25, 0.3) is 0 Å². The molecule has 2 N–H and O–H groups in total. The van der Waals surface area contributed by atoms with Crippen molar-refractivity contribution in [1.82, 2.24) is 0 Å². The average molecular weight is 267 g/mol. The minimum atomic E-state index is -0.0743. The standard InChI is InChI=1S/C18H21NO/c1-11-6-12(2)8-16(7-11)18(19)14-4-5-17-15(10-14)9-13(3)20-17/h4-8,10,13,18H,9,19H2,1-3H3. The first-order valence-electron chi connectivity index (χ1n) is 7.16. The van der Waals surface area contributed by atoms with Crippen LogP contribution in [0, 0.1) is 13.8 Å². The largest absolute Gasteiger partial charge is 0.490 e. The zero-order valence-corrected chi connectivity index (χ0v) is 12.3. The summed E-state index contributed by atoms with van der Waals surface area (Å²) >= 11 is 0. The Morgan fingerprint density at radius 3 is 2.45 bits per heavy atom. The molecule has 1 heterocycles. The third-order valence-electron chi connectivity index (χ3n) is 3.88. The van der Waals surface area contributed by atoms with Gasteiger partial charge in [0.1, 0.15) is 11.9 Å². The van der Waals surface area contributed by atoms with Crippen LogP contribution in [-0.2, 0) is 6.42 Å². The van der Waals surface area contributed by atoms with E-state index in [0.717, 1.165) is 17.7 Å². The Morgan fingerprint density at radius 1 is 1.05 bits per heavy atom. The van der Waals surface area contributed by atoms with Gasteiger partial charge in [-0.15, -0.1) is 0 Å². The van der Waals surface area contributed by atoms with Crippen LogP contribution >= 0.6 is 0 Å². The molecule has 0 amide bonds. The van der Waals surface area contributed by atoms with Crippen molar-refractivity contribution in [1.29, 1.82) is 0 Å². The second-order valence-electron chi connectivity index (χ2n) is 5.90. The quantitative estimate of drug-likeness (QED) is 0.901. The molecule has 0 aromatic heterocycles. The van der Waals surface area contributed by atoms with Crippen molar-refractivity contribution < 1.29 is 4.74 Å². The Morgan fingerprint density at radius 2 is 1.75 bits per heavy atom. The van der Waals surface area contributed by atoms with Crippen LogP contribution in [0.1, 0.15) is 40.8 Å². The van der Waals surface area contributed by atoms with E-state index in [4.69, 9.17) is 10.5 Å². The molecule has 0 saturated carbocycles. The van der Waals surface area contributed by atoms with E-state index < -0.39 is 0 Å². The molecule has 1 aliphatic heterocycles. The van der Waals surface area contributed by atoms with Crippen molar-refractivity contribution in [3.63, 3.8) is 0 Å².